The number of hydrogen-bond acceptors (Lipinski definition) is 4. The molecule has 0 bridgehead atoms. The van der Waals surface area contributed by atoms with Crippen molar-refractivity contribution in [3.05, 3.63) is 65.4 Å². The SMILES string of the molecule is CCOc1cc(C=C(NC(=O)c2ccccc2)C(=O)O)ccc1O. The summed E-state index contributed by atoms with van der Waals surface area (Å²) in [5.74, 6) is -1.59. The number of amides is 1. The number of aliphatic carboxylic acids is 1. The molecule has 2 aromatic rings. The van der Waals surface area contributed by atoms with Gasteiger partial charge in [-0.05, 0) is 42.8 Å². The predicted molar refractivity (Wildman–Crippen MR) is 88.8 cm³/mol. The van der Waals surface area contributed by atoms with E-state index in [4.69, 9.17) is 4.74 Å². The van der Waals surface area contributed by atoms with E-state index in [0.717, 1.165) is 0 Å². The standard InChI is InChI=1S/C18H17NO5/c1-2-24-16-11-12(8-9-15(16)20)10-14(18(22)23)19-17(21)13-6-4-3-5-7-13/h3-11,20H,2H2,1H3,(H,19,21)(H,22,23). The van der Waals surface area contributed by atoms with Gasteiger partial charge in [-0.3, -0.25) is 4.79 Å². The summed E-state index contributed by atoms with van der Waals surface area (Å²) in [5, 5.41) is 21.3. The van der Waals surface area contributed by atoms with Crippen LogP contribution in [0.3, 0.4) is 0 Å². The molecule has 0 aliphatic heterocycles. The van der Waals surface area contributed by atoms with E-state index < -0.39 is 11.9 Å². The molecule has 0 heterocycles. The second-order valence-corrected chi connectivity index (χ2v) is 4.84. The van der Waals surface area contributed by atoms with Crippen LogP contribution in [0.5, 0.6) is 11.5 Å². The van der Waals surface area contributed by atoms with E-state index in [1.54, 1.807) is 37.3 Å². The highest BCUT2D eigenvalue weighted by atomic mass is 16.5. The van der Waals surface area contributed by atoms with Crippen LogP contribution in [0, 0.1) is 0 Å². The van der Waals surface area contributed by atoms with Gasteiger partial charge < -0.3 is 20.3 Å². The number of aromatic hydroxyl groups is 1. The van der Waals surface area contributed by atoms with Gasteiger partial charge in [0, 0.05) is 5.56 Å². The number of carbonyl (C=O) groups is 2. The molecule has 0 aliphatic rings. The van der Waals surface area contributed by atoms with Gasteiger partial charge in [0.15, 0.2) is 11.5 Å². The topological polar surface area (TPSA) is 95.9 Å². The third kappa shape index (κ3) is 4.36. The molecule has 6 heteroatoms. The average Bonchev–Trinajstić information content (AvgIpc) is 2.58. The molecule has 1 amide bonds. The number of carbonyl (C=O) groups excluding carboxylic acids is 1. The van der Waals surface area contributed by atoms with Gasteiger partial charge in [0.05, 0.1) is 6.61 Å². The molecule has 124 valence electrons. The zero-order valence-corrected chi connectivity index (χ0v) is 13.0. The van der Waals surface area contributed by atoms with E-state index in [1.807, 2.05) is 0 Å². The largest absolute Gasteiger partial charge is 0.504 e. The lowest BCUT2D eigenvalue weighted by molar-refractivity contribution is -0.132. The van der Waals surface area contributed by atoms with Crippen molar-refractivity contribution in [2.24, 2.45) is 0 Å². The smallest absolute Gasteiger partial charge is 0.352 e. The van der Waals surface area contributed by atoms with Crippen LogP contribution in [-0.4, -0.2) is 28.7 Å². The molecule has 0 aliphatic carbocycles. The first kappa shape index (κ1) is 17.1. The number of nitrogens with one attached hydrogen (secondary N) is 1. The molecule has 2 aromatic carbocycles. The molecular weight excluding hydrogens is 310 g/mol. The predicted octanol–water partition coefficient (Wildman–Crippen LogP) is 2.65. The highest BCUT2D eigenvalue weighted by molar-refractivity contribution is 6.02. The molecule has 0 atom stereocenters. The van der Waals surface area contributed by atoms with E-state index in [0.29, 0.717) is 17.7 Å². The van der Waals surface area contributed by atoms with Crippen LogP contribution < -0.4 is 10.1 Å². The van der Waals surface area contributed by atoms with Crippen molar-refractivity contribution in [2.45, 2.75) is 6.92 Å². The van der Waals surface area contributed by atoms with Crippen molar-refractivity contribution >= 4 is 18.0 Å². The summed E-state index contributed by atoms with van der Waals surface area (Å²) >= 11 is 0. The van der Waals surface area contributed by atoms with Crippen molar-refractivity contribution in [1.82, 2.24) is 5.32 Å². The first-order valence-electron chi connectivity index (χ1n) is 7.28. The summed E-state index contributed by atoms with van der Waals surface area (Å²) in [6, 6.07) is 12.7. The van der Waals surface area contributed by atoms with Crippen LogP contribution in [-0.2, 0) is 4.79 Å². The third-order valence-corrected chi connectivity index (χ3v) is 3.11. The first-order valence-corrected chi connectivity index (χ1v) is 7.28. The Morgan fingerprint density at radius 3 is 2.50 bits per heavy atom. The summed E-state index contributed by atoms with van der Waals surface area (Å²) < 4.78 is 5.26. The number of benzene rings is 2. The van der Waals surface area contributed by atoms with Gasteiger partial charge in [-0.2, -0.15) is 0 Å². The normalized spacial score (nSPS) is 11.0. The average molecular weight is 327 g/mol. The fourth-order valence-electron chi connectivity index (χ4n) is 1.99. The Morgan fingerprint density at radius 1 is 1.17 bits per heavy atom. The second kappa shape index (κ2) is 7.82. The van der Waals surface area contributed by atoms with Gasteiger partial charge in [0.25, 0.3) is 5.91 Å². The van der Waals surface area contributed by atoms with E-state index in [1.165, 1.54) is 24.3 Å². The molecule has 3 N–H and O–H groups in total. The van der Waals surface area contributed by atoms with Crippen LogP contribution in [0.15, 0.2) is 54.2 Å². The van der Waals surface area contributed by atoms with Gasteiger partial charge >= 0.3 is 5.97 Å². The van der Waals surface area contributed by atoms with Crippen LogP contribution in [0.4, 0.5) is 0 Å². The Morgan fingerprint density at radius 2 is 1.88 bits per heavy atom. The Labute approximate surface area is 139 Å². The maximum Gasteiger partial charge on any atom is 0.352 e. The molecule has 0 spiro atoms. The zero-order chi connectivity index (χ0) is 17.5. The van der Waals surface area contributed by atoms with Crippen LogP contribution in [0.2, 0.25) is 0 Å². The summed E-state index contributed by atoms with van der Waals surface area (Å²) in [7, 11) is 0. The Kier molecular flexibility index (Phi) is 5.57. The van der Waals surface area contributed by atoms with Crippen molar-refractivity contribution in [3.63, 3.8) is 0 Å². The molecule has 0 unspecified atom stereocenters. The molecule has 0 aromatic heterocycles. The fourth-order valence-corrected chi connectivity index (χ4v) is 1.99. The number of carboxylic acids is 1. The van der Waals surface area contributed by atoms with E-state index >= 15 is 0 Å². The van der Waals surface area contributed by atoms with Gasteiger partial charge in [-0.15, -0.1) is 0 Å². The Hall–Kier alpha value is -3.28. The molecule has 24 heavy (non-hydrogen) atoms. The number of carboxylic acid groups (broad SMARTS) is 1. The highest BCUT2D eigenvalue weighted by Crippen LogP contribution is 2.27. The quantitative estimate of drug-likeness (QED) is 0.709. The van der Waals surface area contributed by atoms with Gasteiger partial charge in [0.1, 0.15) is 5.70 Å². The minimum atomic E-state index is -1.27. The highest BCUT2D eigenvalue weighted by Gasteiger charge is 2.13. The summed E-state index contributed by atoms with van der Waals surface area (Å²) in [6.07, 6.45) is 1.30. The molecule has 0 fully saturated rings. The third-order valence-electron chi connectivity index (χ3n) is 3.11. The number of rotatable bonds is 6. The van der Waals surface area contributed by atoms with Crippen molar-refractivity contribution in [1.29, 1.82) is 0 Å². The molecule has 2 rings (SSSR count). The number of phenols is 1. The molecule has 0 saturated carbocycles. The number of hydrogen-bond donors (Lipinski definition) is 3. The Bertz CT molecular complexity index is 768. The van der Waals surface area contributed by atoms with Crippen LogP contribution >= 0.6 is 0 Å². The van der Waals surface area contributed by atoms with Gasteiger partial charge in [0.2, 0.25) is 0 Å². The number of phenolic OH excluding ortho intramolecular Hbond substituents is 1. The summed E-state index contributed by atoms with van der Waals surface area (Å²) in [5.41, 5.74) is 0.546. The minimum Gasteiger partial charge on any atom is -0.504 e. The fraction of sp³-hybridized carbons (Fsp3) is 0.111. The maximum absolute atomic E-state index is 12.1. The molecule has 6 nitrogen and oxygen atoms in total. The van der Waals surface area contributed by atoms with Crippen molar-refractivity contribution < 1.29 is 24.5 Å². The van der Waals surface area contributed by atoms with E-state index in [2.05, 4.69) is 5.32 Å². The van der Waals surface area contributed by atoms with Crippen LogP contribution in [0.1, 0.15) is 22.8 Å². The van der Waals surface area contributed by atoms with Crippen LogP contribution in [0.25, 0.3) is 6.08 Å². The van der Waals surface area contributed by atoms with Gasteiger partial charge in [-0.25, -0.2) is 4.79 Å². The van der Waals surface area contributed by atoms with Crippen molar-refractivity contribution in [3.8, 4) is 11.5 Å². The molecule has 0 saturated heterocycles. The molecular formula is C18H17NO5. The second-order valence-electron chi connectivity index (χ2n) is 4.84. The maximum atomic E-state index is 12.1. The zero-order valence-electron chi connectivity index (χ0n) is 13.0. The summed E-state index contributed by atoms with van der Waals surface area (Å²) in [4.78, 5) is 23.5. The number of ether oxygens (including phenoxy) is 1. The lowest BCUT2D eigenvalue weighted by Crippen LogP contribution is -2.27. The van der Waals surface area contributed by atoms with E-state index in [-0.39, 0.29) is 17.2 Å². The van der Waals surface area contributed by atoms with Crippen molar-refractivity contribution in [2.75, 3.05) is 6.61 Å². The summed E-state index contributed by atoms with van der Waals surface area (Å²) in [6.45, 7) is 2.13. The minimum absolute atomic E-state index is 0.0424. The first-order chi connectivity index (χ1) is 11.5. The lowest BCUT2D eigenvalue weighted by atomic mass is 10.1. The molecule has 0 radical (unpaired) electrons. The lowest BCUT2D eigenvalue weighted by Gasteiger charge is -2.08. The van der Waals surface area contributed by atoms with E-state index in [9.17, 15) is 19.8 Å². The monoisotopic (exact) mass is 327 g/mol. The Balaban J connectivity index is 2.27. The van der Waals surface area contributed by atoms with Gasteiger partial charge in [-0.1, -0.05) is 24.3 Å².